The van der Waals surface area contributed by atoms with Crippen LogP contribution in [0.25, 0.3) is 0 Å². The molecule has 0 bridgehead atoms. The van der Waals surface area contributed by atoms with Crippen molar-refractivity contribution in [3.8, 4) is 0 Å². The summed E-state index contributed by atoms with van der Waals surface area (Å²) in [7, 11) is 0. The fraction of sp³-hybridized carbons (Fsp3) is 0.250. The van der Waals surface area contributed by atoms with Crippen LogP contribution >= 0.6 is 39.1 Å². The van der Waals surface area contributed by atoms with Crippen molar-refractivity contribution in [3.05, 3.63) is 69.7 Å². The quantitative estimate of drug-likeness (QED) is 0.662. The Labute approximate surface area is 142 Å². The van der Waals surface area contributed by atoms with Crippen molar-refractivity contribution in [2.45, 2.75) is 11.9 Å². The summed E-state index contributed by atoms with van der Waals surface area (Å²) >= 11 is 15.7. The molecule has 3 rings (SSSR count). The van der Waals surface area contributed by atoms with Gasteiger partial charge in [0.05, 0.1) is 11.9 Å². The molecule has 0 spiro atoms. The molecule has 0 radical (unpaired) electrons. The zero-order valence-corrected chi connectivity index (χ0v) is 14.2. The third-order valence-corrected chi connectivity index (χ3v) is 4.85. The van der Waals surface area contributed by atoms with Gasteiger partial charge in [0.25, 0.3) is 0 Å². The molecule has 0 N–H and O–H groups in total. The van der Waals surface area contributed by atoms with Crippen LogP contribution in [0.2, 0.25) is 10.0 Å². The van der Waals surface area contributed by atoms with E-state index in [-0.39, 0.29) is 6.10 Å². The Balaban J connectivity index is 1.90. The van der Waals surface area contributed by atoms with Crippen LogP contribution in [0.1, 0.15) is 17.2 Å². The predicted molar refractivity (Wildman–Crippen MR) is 88.2 cm³/mol. The number of halogens is 3. The molecule has 1 aliphatic heterocycles. The van der Waals surface area contributed by atoms with Gasteiger partial charge in [-0.3, -0.25) is 0 Å². The number of rotatable bonds is 3. The van der Waals surface area contributed by atoms with Gasteiger partial charge in [0.2, 0.25) is 5.79 Å². The lowest BCUT2D eigenvalue weighted by atomic mass is 10.1. The molecule has 1 saturated heterocycles. The molecule has 0 aliphatic carbocycles. The molecule has 0 saturated carbocycles. The van der Waals surface area contributed by atoms with Crippen molar-refractivity contribution >= 4 is 39.1 Å². The lowest BCUT2D eigenvalue weighted by molar-refractivity contribution is -0.157. The van der Waals surface area contributed by atoms with Gasteiger partial charge in [-0.2, -0.15) is 0 Å². The molecule has 0 unspecified atom stereocenters. The van der Waals surface area contributed by atoms with Crippen LogP contribution in [0.3, 0.4) is 0 Å². The van der Waals surface area contributed by atoms with Crippen LogP contribution in [0.5, 0.6) is 0 Å². The van der Waals surface area contributed by atoms with Crippen molar-refractivity contribution in [2.75, 3.05) is 11.9 Å². The molecule has 2 aromatic rings. The molecule has 2 aromatic carbocycles. The van der Waals surface area contributed by atoms with E-state index in [1.54, 1.807) is 0 Å². The summed E-state index contributed by atoms with van der Waals surface area (Å²) in [4.78, 5) is 0. The van der Waals surface area contributed by atoms with Gasteiger partial charge in [0, 0.05) is 21.2 Å². The Morgan fingerprint density at radius 2 is 1.81 bits per heavy atom. The molecule has 1 aliphatic rings. The maximum Gasteiger partial charge on any atom is 0.205 e. The van der Waals surface area contributed by atoms with E-state index in [2.05, 4.69) is 15.9 Å². The van der Waals surface area contributed by atoms with Crippen molar-refractivity contribution in [2.24, 2.45) is 0 Å². The van der Waals surface area contributed by atoms with Gasteiger partial charge in [-0.15, -0.1) is 0 Å². The van der Waals surface area contributed by atoms with E-state index in [1.807, 2.05) is 48.5 Å². The first-order valence-corrected chi connectivity index (χ1v) is 8.40. The first-order chi connectivity index (χ1) is 10.1. The summed E-state index contributed by atoms with van der Waals surface area (Å²) in [5.74, 6) is -0.811. The summed E-state index contributed by atoms with van der Waals surface area (Å²) in [6.45, 7) is 0.456. The van der Waals surface area contributed by atoms with Gasteiger partial charge in [0.15, 0.2) is 0 Å². The zero-order valence-electron chi connectivity index (χ0n) is 11.1. The topological polar surface area (TPSA) is 18.5 Å². The highest BCUT2D eigenvalue weighted by atomic mass is 79.9. The van der Waals surface area contributed by atoms with Crippen molar-refractivity contribution in [3.63, 3.8) is 0 Å². The molecular formula is C16H13BrCl2O2. The maximum atomic E-state index is 6.24. The summed E-state index contributed by atoms with van der Waals surface area (Å²) in [6, 6.07) is 15.2. The van der Waals surface area contributed by atoms with E-state index in [0.717, 1.165) is 11.1 Å². The minimum absolute atomic E-state index is 0.188. The number of hydrogen-bond donors (Lipinski definition) is 0. The van der Waals surface area contributed by atoms with Gasteiger partial charge in [-0.05, 0) is 18.2 Å². The maximum absolute atomic E-state index is 6.24. The monoisotopic (exact) mass is 386 g/mol. The highest BCUT2D eigenvalue weighted by molar-refractivity contribution is 9.09. The van der Waals surface area contributed by atoms with E-state index in [0.29, 0.717) is 22.0 Å². The van der Waals surface area contributed by atoms with Crippen LogP contribution in [-0.4, -0.2) is 11.9 Å². The smallest absolute Gasteiger partial charge is 0.205 e. The molecule has 2 atom stereocenters. The third-order valence-electron chi connectivity index (χ3n) is 3.51. The van der Waals surface area contributed by atoms with E-state index in [1.165, 1.54) is 0 Å². The van der Waals surface area contributed by atoms with Gasteiger partial charge in [-0.25, -0.2) is 0 Å². The number of ether oxygens (including phenoxy) is 2. The SMILES string of the molecule is Clc1ccc([C@]2(CBr)OC[C@@H](c3ccccc3Cl)O2)cc1. The molecule has 110 valence electrons. The Morgan fingerprint density at radius 3 is 2.48 bits per heavy atom. The van der Waals surface area contributed by atoms with Crippen LogP contribution in [-0.2, 0) is 15.3 Å². The van der Waals surface area contributed by atoms with Crippen LogP contribution in [0, 0.1) is 0 Å². The fourth-order valence-electron chi connectivity index (χ4n) is 2.40. The molecule has 1 fully saturated rings. The van der Waals surface area contributed by atoms with E-state index < -0.39 is 5.79 Å². The largest absolute Gasteiger partial charge is 0.342 e. The second-order valence-corrected chi connectivity index (χ2v) is 6.24. The first-order valence-electron chi connectivity index (χ1n) is 6.53. The minimum atomic E-state index is -0.811. The predicted octanol–water partition coefficient (Wildman–Crippen LogP) is 5.33. The van der Waals surface area contributed by atoms with Gasteiger partial charge in [-0.1, -0.05) is 69.5 Å². The second kappa shape index (κ2) is 6.27. The van der Waals surface area contributed by atoms with E-state index in [4.69, 9.17) is 32.7 Å². The van der Waals surface area contributed by atoms with Crippen molar-refractivity contribution in [1.82, 2.24) is 0 Å². The van der Waals surface area contributed by atoms with Crippen molar-refractivity contribution < 1.29 is 9.47 Å². The Morgan fingerprint density at radius 1 is 1.10 bits per heavy atom. The highest BCUT2D eigenvalue weighted by Gasteiger charge is 2.43. The standard InChI is InChI=1S/C16H13BrCl2O2/c17-10-16(11-5-7-12(18)8-6-11)20-9-15(21-16)13-3-1-2-4-14(13)19/h1-8,15H,9-10H2/t15-,16+/m0/s1. The van der Waals surface area contributed by atoms with E-state index >= 15 is 0 Å². The lowest BCUT2D eigenvalue weighted by Gasteiger charge is -2.26. The minimum Gasteiger partial charge on any atom is -0.342 e. The Kier molecular flexibility index (Phi) is 4.57. The molecule has 0 amide bonds. The Bertz CT molecular complexity index is 632. The van der Waals surface area contributed by atoms with E-state index in [9.17, 15) is 0 Å². The van der Waals surface area contributed by atoms with Gasteiger partial charge >= 0.3 is 0 Å². The summed E-state index contributed by atoms with van der Waals surface area (Å²) in [6.07, 6.45) is -0.188. The average Bonchev–Trinajstić information content (AvgIpc) is 2.94. The first kappa shape index (κ1) is 15.3. The number of benzene rings is 2. The van der Waals surface area contributed by atoms with Crippen LogP contribution < -0.4 is 0 Å². The molecule has 1 heterocycles. The van der Waals surface area contributed by atoms with Gasteiger partial charge in [0.1, 0.15) is 6.10 Å². The van der Waals surface area contributed by atoms with Gasteiger partial charge < -0.3 is 9.47 Å². The molecule has 0 aromatic heterocycles. The summed E-state index contributed by atoms with van der Waals surface area (Å²) in [5.41, 5.74) is 1.87. The molecule has 5 heteroatoms. The summed E-state index contributed by atoms with van der Waals surface area (Å²) < 4.78 is 12.2. The number of alkyl halides is 1. The molecule has 2 nitrogen and oxygen atoms in total. The Hall–Kier alpha value is -0.580. The van der Waals surface area contributed by atoms with Crippen LogP contribution in [0.15, 0.2) is 48.5 Å². The molecule has 21 heavy (non-hydrogen) atoms. The average molecular weight is 388 g/mol. The normalized spacial score (nSPS) is 25.2. The number of hydrogen-bond acceptors (Lipinski definition) is 2. The third kappa shape index (κ3) is 2.99. The second-order valence-electron chi connectivity index (χ2n) is 4.83. The zero-order chi connectivity index (χ0) is 14.9. The fourth-order valence-corrected chi connectivity index (χ4v) is 3.40. The molecular weight excluding hydrogens is 375 g/mol. The van der Waals surface area contributed by atoms with Crippen molar-refractivity contribution in [1.29, 1.82) is 0 Å². The highest BCUT2D eigenvalue weighted by Crippen LogP contribution is 2.43. The van der Waals surface area contributed by atoms with Crippen LogP contribution in [0.4, 0.5) is 0 Å². The lowest BCUT2D eigenvalue weighted by Crippen LogP contribution is -2.29. The summed E-state index contributed by atoms with van der Waals surface area (Å²) in [5, 5.41) is 1.90.